The normalized spacial score (nSPS) is 12.1. The molecule has 0 heterocycles. The molecule has 1 rings (SSSR count). The Morgan fingerprint density at radius 3 is 1.57 bits per heavy atom. The van der Waals surface area contributed by atoms with E-state index in [2.05, 4.69) is 6.92 Å². The summed E-state index contributed by atoms with van der Waals surface area (Å²) >= 11 is 0. The van der Waals surface area contributed by atoms with Crippen LogP contribution in [0.25, 0.3) is 0 Å². The first-order valence-corrected chi connectivity index (χ1v) is 15.4. The second-order valence-electron chi connectivity index (χ2n) is 10.6. The monoisotopic (exact) mass is 520 g/mol. The zero-order valence-electron chi connectivity index (χ0n) is 23.8. The number of aliphatic hydroxyl groups excluding tert-OH is 1. The Kier molecular flexibility index (Phi) is 22.3. The van der Waals surface area contributed by atoms with Crippen LogP contribution in [-0.4, -0.2) is 42.1 Å². The number of para-hydroxylation sites is 1. The maximum Gasteiger partial charge on any atom is 0.339 e. The Morgan fingerprint density at radius 2 is 1.11 bits per heavy atom. The number of hydrogen-bond acceptors (Lipinski definition) is 4. The standard InChI is InChI=1S/C32H56O5/c1-2-3-4-5-6-7-8-9-10-11-12-13-14-15-16-17-18-19-20-23-26-36-27-29(33)28-37-31-25-22-21-24-30(31)32(34)35/h21-22,24-25,29,33H,2-20,23,26-28H2,1H3,(H,34,35). The third-order valence-corrected chi connectivity index (χ3v) is 7.00. The van der Waals surface area contributed by atoms with Gasteiger partial charge in [0.25, 0.3) is 0 Å². The van der Waals surface area contributed by atoms with Crippen molar-refractivity contribution >= 4 is 5.97 Å². The van der Waals surface area contributed by atoms with Crippen molar-refractivity contribution in [1.82, 2.24) is 0 Å². The van der Waals surface area contributed by atoms with Gasteiger partial charge < -0.3 is 19.7 Å². The fourth-order valence-corrected chi connectivity index (χ4v) is 4.68. The lowest BCUT2D eigenvalue weighted by Gasteiger charge is -2.14. The van der Waals surface area contributed by atoms with Gasteiger partial charge in [0, 0.05) is 6.61 Å². The van der Waals surface area contributed by atoms with Crippen LogP contribution in [0, 0.1) is 0 Å². The van der Waals surface area contributed by atoms with E-state index < -0.39 is 12.1 Å². The van der Waals surface area contributed by atoms with Gasteiger partial charge in [0.15, 0.2) is 0 Å². The Bertz CT molecular complexity index is 648. The van der Waals surface area contributed by atoms with Crippen LogP contribution in [0.3, 0.4) is 0 Å². The molecule has 0 saturated heterocycles. The number of carbonyl (C=O) groups is 1. The van der Waals surface area contributed by atoms with Crippen LogP contribution in [0.5, 0.6) is 5.75 Å². The van der Waals surface area contributed by atoms with Crippen molar-refractivity contribution in [2.24, 2.45) is 0 Å². The van der Waals surface area contributed by atoms with E-state index >= 15 is 0 Å². The van der Waals surface area contributed by atoms with Gasteiger partial charge in [0.2, 0.25) is 0 Å². The van der Waals surface area contributed by atoms with E-state index in [1.165, 1.54) is 122 Å². The Labute approximate surface area is 227 Å². The molecule has 1 atom stereocenters. The highest BCUT2D eigenvalue weighted by Crippen LogP contribution is 2.18. The summed E-state index contributed by atoms with van der Waals surface area (Å²) in [6, 6.07) is 6.44. The molecule has 0 aliphatic carbocycles. The molecule has 0 amide bonds. The van der Waals surface area contributed by atoms with Crippen LogP contribution in [0.2, 0.25) is 0 Å². The number of aliphatic hydroxyl groups is 1. The molecular formula is C32H56O5. The summed E-state index contributed by atoms with van der Waals surface area (Å²) in [5.41, 5.74) is 0.0972. The highest BCUT2D eigenvalue weighted by Gasteiger charge is 2.12. The minimum Gasteiger partial charge on any atom is -0.490 e. The fraction of sp³-hybridized carbons (Fsp3) is 0.781. The third kappa shape index (κ3) is 20.1. The Morgan fingerprint density at radius 1 is 0.676 bits per heavy atom. The number of benzene rings is 1. The molecule has 5 heteroatoms. The lowest BCUT2D eigenvalue weighted by Crippen LogP contribution is -2.24. The van der Waals surface area contributed by atoms with Crippen molar-refractivity contribution < 1.29 is 24.5 Å². The minimum absolute atomic E-state index is 0.0174. The molecule has 0 radical (unpaired) electrons. The van der Waals surface area contributed by atoms with Crippen molar-refractivity contribution in [3.8, 4) is 5.75 Å². The lowest BCUT2D eigenvalue weighted by molar-refractivity contribution is 0.0106. The number of ether oxygens (including phenoxy) is 2. The maximum atomic E-state index is 11.2. The highest BCUT2D eigenvalue weighted by molar-refractivity contribution is 5.90. The number of unbranched alkanes of at least 4 members (excludes halogenated alkanes) is 19. The van der Waals surface area contributed by atoms with Gasteiger partial charge in [-0.2, -0.15) is 0 Å². The molecule has 0 aliphatic heterocycles. The first-order valence-electron chi connectivity index (χ1n) is 15.4. The van der Waals surface area contributed by atoms with Crippen molar-refractivity contribution in [2.75, 3.05) is 19.8 Å². The lowest BCUT2D eigenvalue weighted by atomic mass is 10.0. The zero-order valence-corrected chi connectivity index (χ0v) is 23.8. The first-order chi connectivity index (χ1) is 18.1. The van der Waals surface area contributed by atoms with E-state index in [4.69, 9.17) is 14.6 Å². The number of carboxylic acids is 1. The van der Waals surface area contributed by atoms with Gasteiger partial charge in [0.1, 0.15) is 24.0 Å². The molecule has 0 aromatic heterocycles. The molecule has 1 aromatic rings. The zero-order chi connectivity index (χ0) is 26.8. The summed E-state index contributed by atoms with van der Waals surface area (Å²) in [6.07, 6.45) is 26.6. The van der Waals surface area contributed by atoms with Crippen molar-refractivity contribution in [3.63, 3.8) is 0 Å². The quantitative estimate of drug-likeness (QED) is 0.113. The molecule has 214 valence electrons. The number of rotatable bonds is 27. The predicted molar refractivity (Wildman–Crippen MR) is 154 cm³/mol. The molecular weight excluding hydrogens is 464 g/mol. The van der Waals surface area contributed by atoms with Crippen LogP contribution in [-0.2, 0) is 4.74 Å². The maximum absolute atomic E-state index is 11.2. The average Bonchev–Trinajstić information content (AvgIpc) is 2.90. The summed E-state index contributed by atoms with van der Waals surface area (Å²) in [4.78, 5) is 11.2. The van der Waals surface area contributed by atoms with Crippen LogP contribution in [0.1, 0.15) is 146 Å². The molecule has 37 heavy (non-hydrogen) atoms. The molecule has 2 N–H and O–H groups in total. The van der Waals surface area contributed by atoms with Crippen molar-refractivity contribution in [2.45, 2.75) is 141 Å². The minimum atomic E-state index is -1.04. The van der Waals surface area contributed by atoms with Crippen LogP contribution >= 0.6 is 0 Å². The number of aromatic carboxylic acids is 1. The average molecular weight is 521 g/mol. The van der Waals surface area contributed by atoms with Gasteiger partial charge in [-0.05, 0) is 18.6 Å². The Balaban J connectivity index is 1.78. The van der Waals surface area contributed by atoms with Gasteiger partial charge in [-0.15, -0.1) is 0 Å². The van der Waals surface area contributed by atoms with Crippen molar-refractivity contribution in [1.29, 1.82) is 0 Å². The van der Waals surface area contributed by atoms with Crippen LogP contribution in [0.4, 0.5) is 0 Å². The molecule has 1 unspecified atom stereocenters. The number of carboxylic acid groups (broad SMARTS) is 1. The molecule has 5 nitrogen and oxygen atoms in total. The van der Waals surface area contributed by atoms with Gasteiger partial charge in [-0.1, -0.05) is 141 Å². The summed E-state index contributed by atoms with van der Waals surface area (Å²) in [5, 5.41) is 19.2. The summed E-state index contributed by atoms with van der Waals surface area (Å²) in [6.45, 7) is 3.14. The van der Waals surface area contributed by atoms with Crippen LogP contribution in [0.15, 0.2) is 24.3 Å². The molecule has 0 aliphatic rings. The van der Waals surface area contributed by atoms with E-state index in [9.17, 15) is 9.90 Å². The van der Waals surface area contributed by atoms with E-state index in [-0.39, 0.29) is 24.5 Å². The van der Waals surface area contributed by atoms with Gasteiger partial charge in [0.05, 0.1) is 6.61 Å². The summed E-state index contributed by atoms with van der Waals surface area (Å²) < 4.78 is 11.0. The molecule has 0 bridgehead atoms. The fourth-order valence-electron chi connectivity index (χ4n) is 4.68. The van der Waals surface area contributed by atoms with Gasteiger partial charge in [-0.3, -0.25) is 0 Å². The van der Waals surface area contributed by atoms with E-state index in [1.54, 1.807) is 18.2 Å². The Hall–Kier alpha value is -1.59. The van der Waals surface area contributed by atoms with Crippen LogP contribution < -0.4 is 4.74 Å². The van der Waals surface area contributed by atoms with Gasteiger partial charge in [-0.25, -0.2) is 4.79 Å². The number of hydrogen-bond donors (Lipinski definition) is 2. The third-order valence-electron chi connectivity index (χ3n) is 7.00. The van der Waals surface area contributed by atoms with Gasteiger partial charge >= 0.3 is 5.97 Å². The van der Waals surface area contributed by atoms with E-state index in [1.807, 2.05) is 0 Å². The highest BCUT2D eigenvalue weighted by atomic mass is 16.5. The van der Waals surface area contributed by atoms with E-state index in [0.29, 0.717) is 6.61 Å². The second-order valence-corrected chi connectivity index (χ2v) is 10.6. The summed E-state index contributed by atoms with van der Waals surface area (Å²) in [5.74, 6) is -0.774. The van der Waals surface area contributed by atoms with E-state index in [0.717, 1.165) is 12.8 Å². The summed E-state index contributed by atoms with van der Waals surface area (Å²) in [7, 11) is 0. The molecule has 0 saturated carbocycles. The second kappa shape index (κ2) is 24.7. The predicted octanol–water partition coefficient (Wildman–Crippen LogP) is 8.96. The smallest absolute Gasteiger partial charge is 0.339 e. The topological polar surface area (TPSA) is 76.0 Å². The first kappa shape index (κ1) is 33.4. The molecule has 0 fully saturated rings. The SMILES string of the molecule is CCCCCCCCCCCCCCCCCCCCCCOCC(O)COc1ccccc1C(=O)O. The van der Waals surface area contributed by atoms with Crippen molar-refractivity contribution in [3.05, 3.63) is 29.8 Å². The molecule has 1 aromatic carbocycles. The molecule has 0 spiro atoms. The largest absolute Gasteiger partial charge is 0.490 e.